The Morgan fingerprint density at radius 2 is 2.09 bits per heavy atom. The molecular weight excluding hydrogens is 280 g/mol. The van der Waals surface area contributed by atoms with E-state index in [0.717, 1.165) is 24.2 Å². The summed E-state index contributed by atoms with van der Waals surface area (Å²) < 4.78 is 6.43. The van der Waals surface area contributed by atoms with E-state index in [0.29, 0.717) is 5.69 Å². The summed E-state index contributed by atoms with van der Waals surface area (Å²) in [5, 5.41) is 10.9. The van der Waals surface area contributed by atoms with Crippen molar-refractivity contribution in [3.63, 3.8) is 0 Å². The highest BCUT2D eigenvalue weighted by atomic mass is 16.5. The van der Waals surface area contributed by atoms with Gasteiger partial charge in [0.05, 0.1) is 39.5 Å². The van der Waals surface area contributed by atoms with Gasteiger partial charge in [-0.25, -0.2) is 0 Å². The van der Waals surface area contributed by atoms with Crippen LogP contribution in [-0.4, -0.2) is 55.6 Å². The molecule has 0 aromatic carbocycles. The van der Waals surface area contributed by atoms with Crippen molar-refractivity contribution in [3.8, 4) is 0 Å². The van der Waals surface area contributed by atoms with E-state index in [1.807, 2.05) is 0 Å². The lowest BCUT2D eigenvalue weighted by atomic mass is 10.2. The first-order valence-electron chi connectivity index (χ1n) is 7.60. The van der Waals surface area contributed by atoms with E-state index in [4.69, 9.17) is 10.3 Å². The van der Waals surface area contributed by atoms with Crippen LogP contribution in [-0.2, 0) is 4.74 Å². The maximum Gasteiger partial charge on any atom is 0.102 e. The summed E-state index contributed by atoms with van der Waals surface area (Å²) in [6.45, 7) is 6.87. The van der Waals surface area contributed by atoms with Crippen LogP contribution < -0.4 is 0 Å². The van der Waals surface area contributed by atoms with Gasteiger partial charge in [0.15, 0.2) is 0 Å². The summed E-state index contributed by atoms with van der Waals surface area (Å²) in [6.07, 6.45) is 3.99. The van der Waals surface area contributed by atoms with Gasteiger partial charge in [0.1, 0.15) is 6.54 Å². The molecule has 0 saturated carbocycles. The van der Waals surface area contributed by atoms with Crippen LogP contribution in [0.5, 0.6) is 0 Å². The van der Waals surface area contributed by atoms with E-state index >= 15 is 0 Å². The van der Waals surface area contributed by atoms with Crippen molar-refractivity contribution in [2.45, 2.75) is 32.7 Å². The van der Waals surface area contributed by atoms with Crippen molar-refractivity contribution in [1.82, 2.24) is 10.2 Å². The number of hydrogen-bond donors (Lipinski definition) is 0. The van der Waals surface area contributed by atoms with Crippen molar-refractivity contribution in [3.05, 3.63) is 34.5 Å². The van der Waals surface area contributed by atoms with Crippen molar-refractivity contribution < 1.29 is 9.22 Å². The third-order valence-corrected chi connectivity index (χ3v) is 2.79. The van der Waals surface area contributed by atoms with E-state index in [2.05, 4.69) is 48.3 Å². The van der Waals surface area contributed by atoms with Gasteiger partial charge in [0, 0.05) is 17.7 Å². The summed E-state index contributed by atoms with van der Waals surface area (Å²) in [5.74, 6) is 0. The average molecular weight is 309 g/mol. The van der Waals surface area contributed by atoms with Gasteiger partial charge >= 0.3 is 0 Å². The average Bonchev–Trinajstić information content (AvgIpc) is 2.48. The molecule has 7 nitrogen and oxygen atoms in total. The van der Waals surface area contributed by atoms with Crippen LogP contribution in [0.4, 0.5) is 0 Å². The number of quaternary nitrogens is 1. The number of likely N-dealkylation sites (N-methyl/N-ethyl adjacent to an activating group) is 1. The van der Waals surface area contributed by atoms with Crippen LogP contribution in [0.15, 0.2) is 23.4 Å². The fourth-order valence-corrected chi connectivity index (χ4v) is 1.36. The first-order chi connectivity index (χ1) is 10.4. The quantitative estimate of drug-likeness (QED) is 0.243. The zero-order valence-electron chi connectivity index (χ0n) is 14.4. The summed E-state index contributed by atoms with van der Waals surface area (Å²) in [6, 6.07) is 3.28. The van der Waals surface area contributed by atoms with Gasteiger partial charge in [0.2, 0.25) is 0 Å². The fourth-order valence-electron chi connectivity index (χ4n) is 1.36. The van der Waals surface area contributed by atoms with Gasteiger partial charge in [-0.1, -0.05) is 25.4 Å². The molecule has 0 radical (unpaired) electrons. The number of ether oxygens (including phenoxy) is 1. The predicted octanol–water partition coefficient (Wildman–Crippen LogP) is 3.36. The molecule has 0 N–H and O–H groups in total. The molecule has 0 amide bonds. The molecule has 7 heteroatoms. The predicted molar refractivity (Wildman–Crippen MR) is 88.2 cm³/mol. The highest BCUT2D eigenvalue weighted by Gasteiger charge is 2.04. The molecule has 0 aliphatic rings. The third kappa shape index (κ3) is 12.1. The second-order valence-electron chi connectivity index (χ2n) is 6.01. The Morgan fingerprint density at radius 1 is 1.36 bits per heavy atom. The molecule has 0 bridgehead atoms. The largest absolute Gasteiger partial charge is 0.376 e. The lowest BCUT2D eigenvalue weighted by Gasteiger charge is -2.23. The maximum atomic E-state index is 8.11. The van der Waals surface area contributed by atoms with E-state index in [1.54, 1.807) is 25.3 Å². The molecular formula is C15H29N6O+. The van der Waals surface area contributed by atoms with E-state index < -0.39 is 0 Å². The summed E-state index contributed by atoms with van der Waals surface area (Å²) in [4.78, 5) is 2.67. The molecule has 1 atom stereocenters. The molecule has 124 valence electrons. The van der Waals surface area contributed by atoms with Crippen LogP contribution in [0.25, 0.3) is 10.4 Å². The van der Waals surface area contributed by atoms with Crippen LogP contribution in [0, 0.1) is 0 Å². The molecule has 1 unspecified atom stereocenters. The number of nitrogens with zero attached hydrogens (tertiary/aromatic N) is 6. The Morgan fingerprint density at radius 3 is 2.59 bits per heavy atom. The first kappa shape index (κ1) is 20.3. The summed E-state index contributed by atoms with van der Waals surface area (Å²) >= 11 is 0. The second kappa shape index (κ2) is 11.9. The maximum absolute atomic E-state index is 8.11. The molecule has 22 heavy (non-hydrogen) atoms. The van der Waals surface area contributed by atoms with E-state index in [1.165, 1.54) is 12.8 Å². The number of unbranched alkanes of at least 4 members (excludes halogenated alkanes) is 1. The Labute approximate surface area is 133 Å². The standard InChI is InChI=1S/C9H22NO.C6H7N5/c1-5-6-8-11-9-7-10(2,3)4;1-5(9-11-7)6-3-2-4-8-10-6/h5-9H2,1-4H3;2-5H,1H3/q+1;. The van der Waals surface area contributed by atoms with Gasteiger partial charge in [-0.15, -0.1) is 0 Å². The molecule has 1 heterocycles. The normalized spacial score (nSPS) is 11.9. The Balaban J connectivity index is 0.000000401. The zero-order valence-corrected chi connectivity index (χ0v) is 14.4. The van der Waals surface area contributed by atoms with Crippen molar-refractivity contribution >= 4 is 0 Å². The van der Waals surface area contributed by atoms with Gasteiger partial charge in [-0.05, 0) is 24.1 Å². The van der Waals surface area contributed by atoms with Gasteiger partial charge in [-0.2, -0.15) is 10.2 Å². The summed E-state index contributed by atoms with van der Waals surface area (Å²) in [5.41, 5.74) is 8.79. The lowest BCUT2D eigenvalue weighted by molar-refractivity contribution is -0.870. The fraction of sp³-hybridized carbons (Fsp3) is 0.733. The van der Waals surface area contributed by atoms with Gasteiger partial charge in [-0.3, -0.25) is 0 Å². The highest BCUT2D eigenvalue weighted by molar-refractivity contribution is 5.03. The molecule has 0 aliphatic carbocycles. The van der Waals surface area contributed by atoms with Crippen molar-refractivity contribution in [2.24, 2.45) is 5.11 Å². The first-order valence-corrected chi connectivity index (χ1v) is 7.60. The van der Waals surface area contributed by atoms with Crippen LogP contribution >= 0.6 is 0 Å². The topological polar surface area (TPSA) is 83.8 Å². The third-order valence-electron chi connectivity index (χ3n) is 2.79. The Bertz CT molecular complexity index is 425. The molecule has 1 rings (SSSR count). The second-order valence-corrected chi connectivity index (χ2v) is 6.01. The Kier molecular flexibility index (Phi) is 11.0. The number of hydrogen-bond acceptors (Lipinski definition) is 4. The number of rotatable bonds is 8. The van der Waals surface area contributed by atoms with Crippen LogP contribution in [0.1, 0.15) is 38.4 Å². The molecule has 0 aliphatic heterocycles. The minimum atomic E-state index is -0.242. The number of azide groups is 1. The number of aromatic nitrogens is 2. The SMILES string of the molecule is CC(N=[N+]=[N-])c1cccnn1.CCCCOCC[N+](C)(C)C. The molecule has 1 aromatic heterocycles. The minimum Gasteiger partial charge on any atom is -0.376 e. The molecule has 0 saturated heterocycles. The van der Waals surface area contributed by atoms with E-state index in [-0.39, 0.29) is 6.04 Å². The molecule has 0 spiro atoms. The van der Waals surface area contributed by atoms with Gasteiger partial charge < -0.3 is 9.22 Å². The molecule has 0 fully saturated rings. The molecule has 1 aromatic rings. The van der Waals surface area contributed by atoms with Gasteiger partial charge in [0.25, 0.3) is 0 Å². The lowest BCUT2D eigenvalue weighted by Crippen LogP contribution is -2.37. The van der Waals surface area contributed by atoms with E-state index in [9.17, 15) is 0 Å². The van der Waals surface area contributed by atoms with Crippen molar-refractivity contribution in [1.29, 1.82) is 0 Å². The monoisotopic (exact) mass is 309 g/mol. The van der Waals surface area contributed by atoms with Crippen molar-refractivity contribution in [2.75, 3.05) is 40.9 Å². The zero-order chi connectivity index (χ0) is 16.8. The summed E-state index contributed by atoms with van der Waals surface area (Å²) in [7, 11) is 6.55. The minimum absolute atomic E-state index is 0.242. The smallest absolute Gasteiger partial charge is 0.102 e. The van der Waals surface area contributed by atoms with Crippen LogP contribution in [0.2, 0.25) is 0 Å². The van der Waals surface area contributed by atoms with Crippen LogP contribution in [0.3, 0.4) is 0 Å². The Hall–Kier alpha value is -1.69. The highest BCUT2D eigenvalue weighted by Crippen LogP contribution is 2.11.